The Morgan fingerprint density at radius 3 is 1.50 bits per heavy atom. The molecule has 0 saturated heterocycles. The summed E-state index contributed by atoms with van der Waals surface area (Å²) in [5.41, 5.74) is 0.502. The Hall–Kier alpha value is 0.830. The number of benzene rings is 1. The van der Waals surface area contributed by atoms with Gasteiger partial charge in [-0.05, 0) is 79.6 Å². The summed E-state index contributed by atoms with van der Waals surface area (Å²) in [6.45, 7) is 3.54. The van der Waals surface area contributed by atoms with Crippen LogP contribution in [0, 0.1) is 0 Å². The summed E-state index contributed by atoms with van der Waals surface area (Å²) in [4.78, 5) is 10.9. The minimum absolute atomic E-state index is 0.00708. The maximum atomic E-state index is 10.9. The Morgan fingerprint density at radius 2 is 1.19 bits per heavy atom. The van der Waals surface area contributed by atoms with Gasteiger partial charge in [-0.2, -0.15) is 0 Å². The number of carboxylic acids is 1. The van der Waals surface area contributed by atoms with Gasteiger partial charge in [0.05, 0.1) is 5.57 Å². The molecule has 0 fully saturated rings. The zero-order chi connectivity index (χ0) is 12.6. The molecule has 0 aromatic heterocycles. The molecule has 0 radical (unpaired) electrons. The smallest absolute Gasteiger partial charge is 0.335 e. The van der Waals surface area contributed by atoms with E-state index in [1.54, 1.807) is 0 Å². The molecule has 0 aliphatic rings. The van der Waals surface area contributed by atoms with Gasteiger partial charge in [-0.1, -0.05) is 6.58 Å². The van der Waals surface area contributed by atoms with Crippen molar-refractivity contribution in [3.05, 3.63) is 34.5 Å². The van der Waals surface area contributed by atoms with Crippen LogP contribution in [-0.4, -0.2) is 11.1 Å². The topological polar surface area (TPSA) is 37.3 Å². The monoisotopic (exact) mass is 538 g/mol. The molecular formula is C9H3Br5O2. The van der Waals surface area contributed by atoms with Crippen molar-refractivity contribution in [1.82, 2.24) is 0 Å². The predicted molar refractivity (Wildman–Crippen MR) is 81.6 cm³/mol. The summed E-state index contributed by atoms with van der Waals surface area (Å²) < 4.78 is 3.48. The first kappa shape index (κ1) is 14.9. The second-order valence-electron chi connectivity index (χ2n) is 2.73. The first-order valence-electron chi connectivity index (χ1n) is 3.73. The minimum atomic E-state index is -1.07. The fourth-order valence-electron chi connectivity index (χ4n) is 0.977. The zero-order valence-corrected chi connectivity index (χ0v) is 15.4. The quantitative estimate of drug-likeness (QED) is 0.300. The third-order valence-corrected chi connectivity index (χ3v) is 7.86. The van der Waals surface area contributed by atoms with Gasteiger partial charge in [-0.25, -0.2) is 4.79 Å². The first-order chi connectivity index (χ1) is 7.29. The van der Waals surface area contributed by atoms with Crippen LogP contribution in [0.2, 0.25) is 0 Å². The zero-order valence-electron chi connectivity index (χ0n) is 7.45. The highest BCUT2D eigenvalue weighted by Gasteiger charge is 2.22. The Balaban J connectivity index is 3.64. The number of aliphatic carboxylic acids is 1. The summed E-state index contributed by atoms with van der Waals surface area (Å²) in [5, 5.41) is 8.95. The number of hydrogen-bond acceptors (Lipinski definition) is 1. The van der Waals surface area contributed by atoms with E-state index in [2.05, 4.69) is 86.2 Å². The van der Waals surface area contributed by atoms with Gasteiger partial charge in [0.15, 0.2) is 0 Å². The highest BCUT2D eigenvalue weighted by Crippen LogP contribution is 2.46. The van der Waals surface area contributed by atoms with Gasteiger partial charge in [-0.15, -0.1) is 0 Å². The van der Waals surface area contributed by atoms with Crippen LogP contribution in [0.25, 0.3) is 5.57 Å². The van der Waals surface area contributed by atoms with E-state index in [4.69, 9.17) is 5.11 Å². The fraction of sp³-hybridized carbons (Fsp3) is 0. The summed E-state index contributed by atoms with van der Waals surface area (Å²) in [6.07, 6.45) is 0. The van der Waals surface area contributed by atoms with Gasteiger partial charge in [0, 0.05) is 27.9 Å². The van der Waals surface area contributed by atoms with Crippen LogP contribution in [-0.2, 0) is 4.79 Å². The van der Waals surface area contributed by atoms with Gasteiger partial charge in [0.2, 0.25) is 0 Å². The first-order valence-corrected chi connectivity index (χ1v) is 7.69. The molecule has 0 spiro atoms. The fourth-order valence-corrected chi connectivity index (χ4v) is 4.50. The van der Waals surface area contributed by atoms with Crippen molar-refractivity contribution in [2.24, 2.45) is 0 Å². The van der Waals surface area contributed by atoms with E-state index in [0.29, 0.717) is 14.5 Å². The van der Waals surface area contributed by atoms with Crippen molar-refractivity contribution in [2.45, 2.75) is 0 Å². The Bertz CT molecular complexity index is 466. The van der Waals surface area contributed by atoms with Crippen LogP contribution < -0.4 is 0 Å². The standard InChI is InChI=1S/C9H3Br5O2/c1-2(9(15)16)3-4(10)6(12)8(14)7(13)5(3)11/h1H2,(H,15,16). The molecule has 0 aliphatic carbocycles. The normalized spacial score (nSPS) is 10.3. The maximum absolute atomic E-state index is 10.9. The number of rotatable bonds is 2. The lowest BCUT2D eigenvalue weighted by Gasteiger charge is -2.13. The molecule has 0 unspecified atom stereocenters. The maximum Gasteiger partial charge on any atom is 0.335 e. The molecule has 0 aliphatic heterocycles. The van der Waals surface area contributed by atoms with Crippen molar-refractivity contribution >= 4 is 91.2 Å². The van der Waals surface area contributed by atoms with E-state index in [1.165, 1.54) is 0 Å². The summed E-state index contributed by atoms with van der Waals surface area (Å²) in [7, 11) is 0. The van der Waals surface area contributed by atoms with Crippen LogP contribution >= 0.6 is 79.6 Å². The average Bonchev–Trinajstić information content (AvgIpc) is 2.23. The number of carbonyl (C=O) groups is 1. The van der Waals surface area contributed by atoms with Crippen molar-refractivity contribution in [3.63, 3.8) is 0 Å². The summed E-state index contributed by atoms with van der Waals surface area (Å²) >= 11 is 16.7. The molecule has 1 rings (SSSR count). The molecule has 1 aromatic rings. The Morgan fingerprint density at radius 1 is 0.875 bits per heavy atom. The molecule has 0 bridgehead atoms. The molecule has 1 N–H and O–H groups in total. The van der Waals surface area contributed by atoms with E-state index >= 15 is 0 Å². The SMILES string of the molecule is C=C(C(=O)O)c1c(Br)c(Br)c(Br)c(Br)c1Br. The van der Waals surface area contributed by atoms with Crippen LogP contribution in [0.15, 0.2) is 28.9 Å². The lowest BCUT2D eigenvalue weighted by Crippen LogP contribution is -2.01. The van der Waals surface area contributed by atoms with Gasteiger partial charge in [-0.3, -0.25) is 0 Å². The van der Waals surface area contributed by atoms with Gasteiger partial charge in [0.25, 0.3) is 0 Å². The molecule has 0 heterocycles. The summed E-state index contributed by atoms with van der Waals surface area (Å²) in [6, 6.07) is 0. The highest BCUT2D eigenvalue weighted by molar-refractivity contribution is 9.15. The number of halogens is 5. The summed E-state index contributed by atoms with van der Waals surface area (Å²) in [5.74, 6) is -1.07. The van der Waals surface area contributed by atoms with Crippen molar-refractivity contribution in [1.29, 1.82) is 0 Å². The van der Waals surface area contributed by atoms with Gasteiger partial charge >= 0.3 is 5.97 Å². The third kappa shape index (κ3) is 2.63. The molecule has 2 nitrogen and oxygen atoms in total. The number of hydrogen-bond donors (Lipinski definition) is 1. The Kier molecular flexibility index (Phi) is 5.25. The minimum Gasteiger partial charge on any atom is -0.478 e. The number of carboxylic acid groups (broad SMARTS) is 1. The molecule has 16 heavy (non-hydrogen) atoms. The van der Waals surface area contributed by atoms with E-state index in [-0.39, 0.29) is 5.57 Å². The van der Waals surface area contributed by atoms with Gasteiger partial charge < -0.3 is 5.11 Å². The van der Waals surface area contributed by atoms with E-state index in [1.807, 2.05) is 0 Å². The lowest BCUT2D eigenvalue weighted by atomic mass is 10.1. The molecule has 1 aromatic carbocycles. The van der Waals surface area contributed by atoms with E-state index in [0.717, 1.165) is 13.4 Å². The molecule has 0 saturated carbocycles. The predicted octanol–water partition coefficient (Wildman–Crippen LogP) is 5.60. The van der Waals surface area contributed by atoms with Crippen molar-refractivity contribution in [3.8, 4) is 0 Å². The molecule has 7 heteroatoms. The molecule has 0 amide bonds. The second-order valence-corrected chi connectivity index (χ2v) is 6.69. The average molecular weight is 543 g/mol. The molecule has 0 atom stereocenters. The highest BCUT2D eigenvalue weighted by atomic mass is 79.9. The van der Waals surface area contributed by atoms with E-state index < -0.39 is 5.97 Å². The van der Waals surface area contributed by atoms with Crippen LogP contribution in [0.1, 0.15) is 5.56 Å². The van der Waals surface area contributed by atoms with Gasteiger partial charge in [0.1, 0.15) is 0 Å². The lowest BCUT2D eigenvalue weighted by molar-refractivity contribution is -0.130. The van der Waals surface area contributed by atoms with E-state index in [9.17, 15) is 4.79 Å². The molecule has 86 valence electrons. The van der Waals surface area contributed by atoms with Crippen LogP contribution in [0.5, 0.6) is 0 Å². The second kappa shape index (κ2) is 5.65. The van der Waals surface area contributed by atoms with Crippen LogP contribution in [0.3, 0.4) is 0 Å². The largest absolute Gasteiger partial charge is 0.478 e. The third-order valence-electron chi connectivity index (χ3n) is 1.77. The molecular weight excluding hydrogens is 540 g/mol. The van der Waals surface area contributed by atoms with Crippen molar-refractivity contribution < 1.29 is 9.90 Å². The Labute approximate surface area is 134 Å². The van der Waals surface area contributed by atoms with Crippen LogP contribution in [0.4, 0.5) is 0 Å². The van der Waals surface area contributed by atoms with Crippen molar-refractivity contribution in [2.75, 3.05) is 0 Å².